The molecule has 0 saturated heterocycles. The number of amides is 1. The van der Waals surface area contributed by atoms with Crippen LogP contribution in [0.1, 0.15) is 23.2 Å². The van der Waals surface area contributed by atoms with Crippen LogP contribution in [0.4, 0.5) is 5.69 Å². The molecule has 3 rings (SSSR count). The zero-order valence-corrected chi connectivity index (χ0v) is 13.6. The average molecular weight is 356 g/mol. The number of hydrogen-bond acceptors (Lipinski definition) is 3. The molecular formula is C15H11Cl2NO3S. The van der Waals surface area contributed by atoms with Gasteiger partial charge in [-0.3, -0.25) is 4.79 Å². The number of hydrogen-bond donors (Lipinski definition) is 2. The third kappa shape index (κ3) is 2.97. The number of halogens is 2. The van der Waals surface area contributed by atoms with E-state index in [1.54, 1.807) is 23.6 Å². The SMILES string of the molecule is O=C(O)c1c(NC(=O)C2CC2)csc1-c1ccc(Cl)cc1Cl. The average Bonchev–Trinajstić information content (AvgIpc) is 3.21. The number of carboxylic acid groups (broad SMARTS) is 1. The number of benzene rings is 1. The molecule has 1 aliphatic carbocycles. The maximum Gasteiger partial charge on any atom is 0.339 e. The molecule has 0 bridgehead atoms. The smallest absolute Gasteiger partial charge is 0.339 e. The number of carbonyl (C=O) groups excluding carboxylic acids is 1. The van der Waals surface area contributed by atoms with Gasteiger partial charge in [-0.15, -0.1) is 11.3 Å². The Morgan fingerprint density at radius 1 is 1.27 bits per heavy atom. The van der Waals surface area contributed by atoms with Gasteiger partial charge in [0.25, 0.3) is 0 Å². The Morgan fingerprint density at radius 2 is 2.00 bits per heavy atom. The van der Waals surface area contributed by atoms with Crippen molar-refractivity contribution in [2.45, 2.75) is 12.8 Å². The van der Waals surface area contributed by atoms with E-state index in [4.69, 9.17) is 23.2 Å². The van der Waals surface area contributed by atoms with Gasteiger partial charge in [-0.2, -0.15) is 0 Å². The summed E-state index contributed by atoms with van der Waals surface area (Å²) in [4.78, 5) is 24.0. The van der Waals surface area contributed by atoms with E-state index in [1.807, 2.05) is 0 Å². The molecular weight excluding hydrogens is 345 g/mol. The zero-order valence-electron chi connectivity index (χ0n) is 11.2. The summed E-state index contributed by atoms with van der Waals surface area (Å²) >= 11 is 13.3. The first-order chi connectivity index (χ1) is 10.5. The highest BCUT2D eigenvalue weighted by molar-refractivity contribution is 7.14. The second-order valence-corrected chi connectivity index (χ2v) is 6.77. The van der Waals surface area contributed by atoms with Gasteiger partial charge in [0.05, 0.1) is 15.6 Å². The van der Waals surface area contributed by atoms with Crippen LogP contribution in [0.15, 0.2) is 23.6 Å². The fourth-order valence-electron chi connectivity index (χ4n) is 2.11. The summed E-state index contributed by atoms with van der Waals surface area (Å²) < 4.78 is 0. The maximum absolute atomic E-state index is 11.9. The summed E-state index contributed by atoms with van der Waals surface area (Å²) in [6.45, 7) is 0. The molecule has 1 fully saturated rings. The van der Waals surface area contributed by atoms with Crippen molar-refractivity contribution in [1.29, 1.82) is 0 Å². The molecule has 0 atom stereocenters. The third-order valence-corrected chi connectivity index (χ3v) is 4.95. The fraction of sp³-hybridized carbons (Fsp3) is 0.200. The Balaban J connectivity index is 2.02. The Bertz CT molecular complexity index is 768. The Morgan fingerprint density at radius 3 is 2.59 bits per heavy atom. The molecule has 1 saturated carbocycles. The van der Waals surface area contributed by atoms with Gasteiger partial charge >= 0.3 is 5.97 Å². The second kappa shape index (κ2) is 5.91. The van der Waals surface area contributed by atoms with Crippen LogP contribution >= 0.6 is 34.5 Å². The van der Waals surface area contributed by atoms with Crippen LogP contribution in [0.3, 0.4) is 0 Å². The number of aromatic carboxylic acids is 1. The highest BCUT2D eigenvalue weighted by atomic mass is 35.5. The second-order valence-electron chi connectivity index (χ2n) is 5.05. The third-order valence-electron chi connectivity index (χ3n) is 3.39. The van der Waals surface area contributed by atoms with Crippen LogP contribution < -0.4 is 5.32 Å². The molecule has 0 spiro atoms. The quantitative estimate of drug-likeness (QED) is 0.829. The van der Waals surface area contributed by atoms with Crippen LogP contribution in [-0.4, -0.2) is 17.0 Å². The van der Waals surface area contributed by atoms with Gasteiger partial charge in [-0.25, -0.2) is 4.79 Å². The number of rotatable bonds is 4. The van der Waals surface area contributed by atoms with Crippen LogP contribution in [0.5, 0.6) is 0 Å². The summed E-state index contributed by atoms with van der Waals surface area (Å²) in [6, 6.07) is 4.89. The monoisotopic (exact) mass is 355 g/mol. The van der Waals surface area contributed by atoms with Gasteiger partial charge in [-0.1, -0.05) is 29.3 Å². The van der Waals surface area contributed by atoms with Crippen molar-refractivity contribution in [1.82, 2.24) is 0 Å². The molecule has 2 N–H and O–H groups in total. The highest BCUT2D eigenvalue weighted by Gasteiger charge is 2.31. The Kier molecular flexibility index (Phi) is 4.12. The minimum absolute atomic E-state index is 0.00381. The first-order valence-electron chi connectivity index (χ1n) is 6.58. The van der Waals surface area contributed by atoms with Gasteiger partial charge in [0, 0.05) is 21.9 Å². The lowest BCUT2D eigenvalue weighted by Crippen LogP contribution is -2.15. The van der Waals surface area contributed by atoms with E-state index < -0.39 is 5.97 Å². The van der Waals surface area contributed by atoms with E-state index in [-0.39, 0.29) is 17.4 Å². The Labute approximate surface area is 140 Å². The first-order valence-corrected chi connectivity index (χ1v) is 8.22. The molecule has 4 nitrogen and oxygen atoms in total. The van der Waals surface area contributed by atoms with Crippen LogP contribution in [0.25, 0.3) is 10.4 Å². The molecule has 7 heteroatoms. The van der Waals surface area contributed by atoms with Gasteiger partial charge < -0.3 is 10.4 Å². The predicted octanol–water partition coefficient (Wildman–Crippen LogP) is 4.77. The molecule has 0 aliphatic heterocycles. The molecule has 0 radical (unpaired) electrons. The van der Waals surface area contributed by atoms with Crippen molar-refractivity contribution in [3.8, 4) is 10.4 Å². The molecule has 114 valence electrons. The van der Waals surface area contributed by atoms with Gasteiger partial charge in [0.2, 0.25) is 5.91 Å². The molecule has 22 heavy (non-hydrogen) atoms. The number of anilines is 1. The molecule has 1 heterocycles. The van der Waals surface area contributed by atoms with E-state index in [0.29, 0.717) is 26.2 Å². The molecule has 0 unspecified atom stereocenters. The molecule has 2 aromatic rings. The number of nitrogens with one attached hydrogen (secondary N) is 1. The van der Waals surface area contributed by atoms with Crippen molar-refractivity contribution in [3.05, 3.63) is 39.2 Å². The van der Waals surface area contributed by atoms with E-state index in [2.05, 4.69) is 5.32 Å². The fourth-order valence-corrected chi connectivity index (χ4v) is 3.71. The van der Waals surface area contributed by atoms with Crippen molar-refractivity contribution < 1.29 is 14.7 Å². The molecule has 1 amide bonds. The first kappa shape index (κ1) is 15.3. The topological polar surface area (TPSA) is 66.4 Å². The van der Waals surface area contributed by atoms with E-state index in [1.165, 1.54) is 11.3 Å². The van der Waals surface area contributed by atoms with Crippen molar-refractivity contribution >= 4 is 52.1 Å². The largest absolute Gasteiger partial charge is 0.478 e. The van der Waals surface area contributed by atoms with Gasteiger partial charge in [-0.05, 0) is 25.0 Å². The normalized spacial score (nSPS) is 13.9. The molecule has 1 aromatic heterocycles. The highest BCUT2D eigenvalue weighted by Crippen LogP contribution is 2.41. The maximum atomic E-state index is 11.9. The summed E-state index contributed by atoms with van der Waals surface area (Å²) in [7, 11) is 0. The van der Waals surface area contributed by atoms with Crippen LogP contribution in [-0.2, 0) is 4.79 Å². The predicted molar refractivity (Wildman–Crippen MR) is 88.1 cm³/mol. The van der Waals surface area contributed by atoms with Crippen LogP contribution in [0.2, 0.25) is 10.0 Å². The van der Waals surface area contributed by atoms with Crippen LogP contribution in [0, 0.1) is 5.92 Å². The van der Waals surface area contributed by atoms with Gasteiger partial charge in [0.15, 0.2) is 0 Å². The summed E-state index contributed by atoms with van der Waals surface area (Å²) in [5, 5.41) is 14.7. The lowest BCUT2D eigenvalue weighted by atomic mass is 10.1. The molecule has 1 aromatic carbocycles. The van der Waals surface area contributed by atoms with Crippen molar-refractivity contribution in [2.75, 3.05) is 5.32 Å². The number of carbonyl (C=O) groups is 2. The minimum Gasteiger partial charge on any atom is -0.478 e. The van der Waals surface area contributed by atoms with E-state index in [0.717, 1.165) is 12.8 Å². The standard InChI is InChI=1S/C15H11Cl2NO3S/c16-8-3-4-9(10(17)5-8)13-12(15(20)21)11(6-22-13)18-14(19)7-1-2-7/h3-7H,1-2H2,(H,18,19)(H,20,21). The van der Waals surface area contributed by atoms with E-state index in [9.17, 15) is 14.7 Å². The number of carboxylic acids is 1. The van der Waals surface area contributed by atoms with Crippen molar-refractivity contribution in [2.24, 2.45) is 5.92 Å². The molecule has 1 aliphatic rings. The summed E-state index contributed by atoms with van der Waals surface area (Å²) in [5.41, 5.74) is 0.957. The Hall–Kier alpha value is -1.56. The lowest BCUT2D eigenvalue weighted by molar-refractivity contribution is -0.117. The minimum atomic E-state index is -1.10. The zero-order chi connectivity index (χ0) is 15.9. The summed E-state index contributed by atoms with van der Waals surface area (Å²) in [5.74, 6) is -1.23. The summed E-state index contributed by atoms with van der Waals surface area (Å²) in [6.07, 6.45) is 1.71. The van der Waals surface area contributed by atoms with Gasteiger partial charge in [0.1, 0.15) is 5.56 Å². The lowest BCUT2D eigenvalue weighted by Gasteiger charge is -2.07. The van der Waals surface area contributed by atoms with E-state index >= 15 is 0 Å². The van der Waals surface area contributed by atoms with Crippen molar-refractivity contribution in [3.63, 3.8) is 0 Å². The number of thiophene rings is 1.